The van der Waals surface area contributed by atoms with E-state index < -0.39 is 9.84 Å². The molecule has 1 aliphatic heterocycles. The Hall–Kier alpha value is -3.47. The van der Waals surface area contributed by atoms with E-state index in [1.165, 1.54) is 16.7 Å². The standard InChI is InChI=1S/C30H33N3O3S/c1-4-37(35,36)27-12-9-23(10-13-27)19-32-30(34)26-11-14-28-25(17-26)15-16-33(29(28)21(2)3)20-24-7-5-22(18-31)6-8-24/h5-14,17,21,29H,4,15-16,19-20H2,1-3H3,(H,32,34)/t29-/m0/s1. The van der Waals surface area contributed by atoms with Crippen LogP contribution in [0.4, 0.5) is 0 Å². The van der Waals surface area contributed by atoms with E-state index >= 15 is 0 Å². The molecule has 0 saturated heterocycles. The lowest BCUT2D eigenvalue weighted by molar-refractivity contribution is 0.0950. The fourth-order valence-corrected chi connectivity index (χ4v) is 5.88. The lowest BCUT2D eigenvalue weighted by atomic mass is 9.85. The first-order valence-corrected chi connectivity index (χ1v) is 14.3. The fourth-order valence-electron chi connectivity index (χ4n) is 4.99. The molecule has 0 bridgehead atoms. The zero-order valence-electron chi connectivity index (χ0n) is 21.6. The molecule has 4 rings (SSSR count). The van der Waals surface area contributed by atoms with E-state index in [4.69, 9.17) is 5.26 Å². The summed E-state index contributed by atoms with van der Waals surface area (Å²) in [6.45, 7) is 8.11. The second kappa shape index (κ2) is 11.3. The molecule has 0 aliphatic carbocycles. The molecule has 1 heterocycles. The number of nitrogens with one attached hydrogen (secondary N) is 1. The van der Waals surface area contributed by atoms with Crippen LogP contribution in [0.1, 0.15) is 65.0 Å². The van der Waals surface area contributed by atoms with Crippen LogP contribution in [0.15, 0.2) is 71.6 Å². The predicted octanol–water partition coefficient (Wildman–Crippen LogP) is 5.04. The van der Waals surface area contributed by atoms with Crippen molar-refractivity contribution >= 4 is 15.7 Å². The van der Waals surface area contributed by atoms with Gasteiger partial charge in [0, 0.05) is 31.2 Å². The molecule has 7 heteroatoms. The monoisotopic (exact) mass is 515 g/mol. The topological polar surface area (TPSA) is 90.3 Å². The number of nitrogens with zero attached hydrogens (tertiary/aromatic N) is 2. The number of hydrogen-bond donors (Lipinski definition) is 1. The zero-order valence-corrected chi connectivity index (χ0v) is 22.4. The molecule has 3 aromatic carbocycles. The summed E-state index contributed by atoms with van der Waals surface area (Å²) < 4.78 is 24.0. The molecule has 0 fully saturated rings. The molecule has 0 radical (unpaired) electrons. The molecule has 0 unspecified atom stereocenters. The van der Waals surface area contributed by atoms with Crippen LogP contribution < -0.4 is 5.32 Å². The van der Waals surface area contributed by atoms with Crippen molar-refractivity contribution in [3.05, 3.63) is 100 Å². The molecular formula is C30H33N3O3S. The summed E-state index contributed by atoms with van der Waals surface area (Å²) in [5.74, 6) is 0.317. The highest BCUT2D eigenvalue weighted by Gasteiger charge is 2.30. The van der Waals surface area contributed by atoms with Gasteiger partial charge in [-0.05, 0) is 71.0 Å². The smallest absolute Gasteiger partial charge is 0.251 e. The van der Waals surface area contributed by atoms with E-state index in [0.29, 0.717) is 28.5 Å². The molecule has 37 heavy (non-hydrogen) atoms. The van der Waals surface area contributed by atoms with E-state index in [2.05, 4.69) is 36.2 Å². The Morgan fingerprint density at radius 3 is 2.35 bits per heavy atom. The second-order valence-electron chi connectivity index (χ2n) is 9.86. The van der Waals surface area contributed by atoms with Gasteiger partial charge in [0.25, 0.3) is 5.91 Å². The molecule has 1 aliphatic rings. The van der Waals surface area contributed by atoms with Crippen LogP contribution in [-0.4, -0.2) is 31.5 Å². The summed E-state index contributed by atoms with van der Waals surface area (Å²) in [5, 5.41) is 12.0. The van der Waals surface area contributed by atoms with Crippen LogP contribution in [0.25, 0.3) is 0 Å². The number of benzene rings is 3. The minimum absolute atomic E-state index is 0.0618. The first-order valence-electron chi connectivity index (χ1n) is 12.7. The van der Waals surface area contributed by atoms with Crippen molar-refractivity contribution in [1.82, 2.24) is 10.2 Å². The van der Waals surface area contributed by atoms with Gasteiger partial charge in [0.05, 0.1) is 22.3 Å². The lowest BCUT2D eigenvalue weighted by Gasteiger charge is -2.40. The third-order valence-electron chi connectivity index (χ3n) is 7.00. The van der Waals surface area contributed by atoms with Gasteiger partial charge in [-0.15, -0.1) is 0 Å². The van der Waals surface area contributed by atoms with Gasteiger partial charge >= 0.3 is 0 Å². The van der Waals surface area contributed by atoms with E-state index in [9.17, 15) is 13.2 Å². The van der Waals surface area contributed by atoms with Crippen LogP contribution in [0.3, 0.4) is 0 Å². The fraction of sp³-hybridized carbons (Fsp3) is 0.333. The molecule has 3 aromatic rings. The number of amides is 1. The number of hydrogen-bond acceptors (Lipinski definition) is 5. The highest BCUT2D eigenvalue weighted by atomic mass is 32.2. The Morgan fingerprint density at radius 1 is 1.05 bits per heavy atom. The Labute approximate surface area is 219 Å². The lowest BCUT2D eigenvalue weighted by Crippen LogP contribution is -2.38. The highest BCUT2D eigenvalue weighted by Crippen LogP contribution is 2.36. The minimum Gasteiger partial charge on any atom is -0.348 e. The number of nitriles is 1. The van der Waals surface area contributed by atoms with Crippen LogP contribution in [0, 0.1) is 17.2 Å². The van der Waals surface area contributed by atoms with Crippen molar-refractivity contribution in [2.24, 2.45) is 5.92 Å². The van der Waals surface area contributed by atoms with E-state index in [1.807, 2.05) is 36.4 Å². The van der Waals surface area contributed by atoms with Crippen molar-refractivity contribution in [3.8, 4) is 6.07 Å². The van der Waals surface area contributed by atoms with Gasteiger partial charge in [-0.2, -0.15) is 5.26 Å². The van der Waals surface area contributed by atoms with Gasteiger partial charge in [-0.25, -0.2) is 8.42 Å². The maximum absolute atomic E-state index is 12.9. The second-order valence-corrected chi connectivity index (χ2v) is 12.1. The van der Waals surface area contributed by atoms with Crippen molar-refractivity contribution in [1.29, 1.82) is 5.26 Å². The van der Waals surface area contributed by atoms with E-state index in [1.54, 1.807) is 31.2 Å². The maximum Gasteiger partial charge on any atom is 0.251 e. The van der Waals surface area contributed by atoms with Gasteiger partial charge in [-0.3, -0.25) is 9.69 Å². The van der Waals surface area contributed by atoms with Crippen LogP contribution >= 0.6 is 0 Å². The van der Waals surface area contributed by atoms with Crippen molar-refractivity contribution in [2.45, 2.75) is 51.2 Å². The van der Waals surface area contributed by atoms with Gasteiger partial charge in [0.1, 0.15) is 0 Å². The van der Waals surface area contributed by atoms with E-state index in [0.717, 1.165) is 25.1 Å². The summed E-state index contributed by atoms with van der Waals surface area (Å²) in [6.07, 6.45) is 0.864. The first kappa shape index (κ1) is 26.6. The summed E-state index contributed by atoms with van der Waals surface area (Å²) in [7, 11) is -3.24. The normalized spacial score (nSPS) is 15.7. The van der Waals surface area contributed by atoms with Gasteiger partial charge < -0.3 is 5.32 Å². The SMILES string of the molecule is CCS(=O)(=O)c1ccc(CNC(=O)c2ccc3c(c2)CCN(Cc2ccc(C#N)cc2)[C@H]3C(C)C)cc1. The Balaban J connectivity index is 1.45. The summed E-state index contributed by atoms with van der Waals surface area (Å²) in [4.78, 5) is 15.7. The molecule has 1 amide bonds. The Morgan fingerprint density at radius 2 is 1.73 bits per heavy atom. The molecule has 0 spiro atoms. The number of carbonyl (C=O) groups is 1. The molecular weight excluding hydrogens is 482 g/mol. The van der Waals surface area contributed by atoms with Crippen molar-refractivity contribution < 1.29 is 13.2 Å². The highest BCUT2D eigenvalue weighted by molar-refractivity contribution is 7.91. The third kappa shape index (κ3) is 6.10. The van der Waals surface area contributed by atoms with Gasteiger partial charge in [0.2, 0.25) is 0 Å². The van der Waals surface area contributed by atoms with Crippen molar-refractivity contribution in [3.63, 3.8) is 0 Å². The number of carbonyl (C=O) groups excluding carboxylic acids is 1. The Bertz CT molecular complexity index is 1410. The first-order chi connectivity index (χ1) is 17.7. The molecule has 0 aromatic heterocycles. The van der Waals surface area contributed by atoms with Crippen LogP contribution in [-0.2, 0) is 29.3 Å². The molecule has 0 saturated carbocycles. The summed E-state index contributed by atoms with van der Waals surface area (Å²) in [6, 6.07) is 22.9. The minimum atomic E-state index is -3.24. The van der Waals surface area contributed by atoms with Gasteiger partial charge in [0.15, 0.2) is 9.84 Å². The van der Waals surface area contributed by atoms with Crippen LogP contribution in [0.2, 0.25) is 0 Å². The van der Waals surface area contributed by atoms with E-state index in [-0.39, 0.29) is 17.7 Å². The average molecular weight is 516 g/mol. The van der Waals surface area contributed by atoms with Crippen molar-refractivity contribution in [2.75, 3.05) is 12.3 Å². The largest absolute Gasteiger partial charge is 0.348 e. The average Bonchev–Trinajstić information content (AvgIpc) is 2.91. The van der Waals surface area contributed by atoms with Gasteiger partial charge in [-0.1, -0.05) is 51.1 Å². The maximum atomic E-state index is 12.9. The predicted molar refractivity (Wildman–Crippen MR) is 145 cm³/mol. The molecule has 6 nitrogen and oxygen atoms in total. The zero-order chi connectivity index (χ0) is 26.6. The molecule has 192 valence electrons. The molecule has 1 atom stereocenters. The Kier molecular flexibility index (Phi) is 8.11. The quantitative estimate of drug-likeness (QED) is 0.454. The molecule has 1 N–H and O–H groups in total. The number of rotatable bonds is 8. The number of sulfone groups is 1. The number of fused-ring (bicyclic) bond motifs is 1. The third-order valence-corrected chi connectivity index (χ3v) is 8.75. The summed E-state index contributed by atoms with van der Waals surface area (Å²) in [5.41, 5.74) is 5.80. The summed E-state index contributed by atoms with van der Waals surface area (Å²) >= 11 is 0. The van der Waals surface area contributed by atoms with Crippen LogP contribution in [0.5, 0.6) is 0 Å².